The maximum atomic E-state index is 12.2. The van der Waals surface area contributed by atoms with Crippen molar-refractivity contribution < 1.29 is 19.0 Å². The number of rotatable bonds is 6. The van der Waals surface area contributed by atoms with Crippen LogP contribution in [0.4, 0.5) is 5.69 Å². The lowest BCUT2D eigenvalue weighted by Gasteiger charge is -2.14. The predicted octanol–water partition coefficient (Wildman–Crippen LogP) is 2.27. The van der Waals surface area contributed by atoms with Gasteiger partial charge >= 0.3 is 0 Å². The topological polar surface area (TPSA) is 93.2 Å². The van der Waals surface area contributed by atoms with Crippen LogP contribution in [-0.4, -0.2) is 52.3 Å². The molecule has 3 N–H and O–H groups in total. The van der Waals surface area contributed by atoms with Crippen molar-refractivity contribution in [2.45, 2.75) is 6.42 Å². The smallest absolute Gasteiger partial charge is 0.251 e. The van der Waals surface area contributed by atoms with E-state index in [2.05, 4.69) is 20.9 Å². The summed E-state index contributed by atoms with van der Waals surface area (Å²) in [5.74, 6) is 2.64. The van der Waals surface area contributed by atoms with E-state index >= 15 is 0 Å². The van der Waals surface area contributed by atoms with E-state index in [1.54, 1.807) is 38.4 Å². The minimum Gasteiger partial charge on any atom is -0.497 e. The molecule has 2 aromatic carbocycles. The van der Waals surface area contributed by atoms with Crippen LogP contribution >= 0.6 is 0 Å². The molecule has 29 heavy (non-hydrogen) atoms. The predicted molar refractivity (Wildman–Crippen MR) is 112 cm³/mol. The van der Waals surface area contributed by atoms with Crippen molar-refractivity contribution in [1.82, 2.24) is 10.6 Å². The Bertz CT molecular complexity index is 852. The summed E-state index contributed by atoms with van der Waals surface area (Å²) in [5.41, 5.74) is 1.42. The van der Waals surface area contributed by atoms with Gasteiger partial charge in [-0.15, -0.1) is 0 Å². The molecular weight excluding hydrogens is 372 g/mol. The summed E-state index contributed by atoms with van der Waals surface area (Å²) in [6.45, 7) is 2.27. The molecule has 2 aromatic rings. The number of aliphatic imine (C=N–C) groups is 1. The molecule has 1 heterocycles. The average Bonchev–Trinajstić information content (AvgIpc) is 3.00. The first-order valence-corrected chi connectivity index (χ1v) is 9.49. The molecule has 1 amide bonds. The summed E-state index contributed by atoms with van der Waals surface area (Å²) >= 11 is 0. The van der Waals surface area contributed by atoms with Crippen molar-refractivity contribution in [3.63, 3.8) is 0 Å². The quantitative estimate of drug-likeness (QED) is 0.393. The van der Waals surface area contributed by atoms with E-state index < -0.39 is 0 Å². The molecule has 0 saturated heterocycles. The number of amides is 1. The first-order valence-electron chi connectivity index (χ1n) is 9.49. The van der Waals surface area contributed by atoms with Gasteiger partial charge < -0.3 is 30.2 Å². The van der Waals surface area contributed by atoms with Gasteiger partial charge in [0.25, 0.3) is 5.91 Å². The summed E-state index contributed by atoms with van der Waals surface area (Å²) < 4.78 is 16.4. The molecule has 0 aliphatic carbocycles. The summed E-state index contributed by atoms with van der Waals surface area (Å²) in [7, 11) is 3.28. The summed E-state index contributed by atoms with van der Waals surface area (Å²) in [6.07, 6.45) is 0.864. The summed E-state index contributed by atoms with van der Waals surface area (Å²) in [6, 6.07) is 12.6. The number of methoxy groups -OCH3 is 1. The highest BCUT2D eigenvalue weighted by Gasteiger charge is 2.11. The van der Waals surface area contributed by atoms with Crippen LogP contribution in [0.2, 0.25) is 0 Å². The lowest BCUT2D eigenvalue weighted by Crippen LogP contribution is -2.37. The van der Waals surface area contributed by atoms with Crippen molar-refractivity contribution in [2.75, 3.05) is 45.8 Å². The Kier molecular flexibility index (Phi) is 7.16. The lowest BCUT2D eigenvalue weighted by molar-refractivity contribution is 0.0954. The van der Waals surface area contributed by atoms with E-state index in [-0.39, 0.29) is 5.91 Å². The minimum atomic E-state index is -0.139. The Morgan fingerprint density at radius 2 is 1.76 bits per heavy atom. The number of carbonyl (C=O) groups is 1. The second-order valence-electron chi connectivity index (χ2n) is 6.32. The standard InChI is InChI=1S/C21H26N4O4/c1-22-21(25-16-6-9-18-19(14-16)29-13-3-12-28-18)24-11-10-23-20(26)15-4-7-17(27-2)8-5-15/h4-9,14H,3,10-13H2,1-2H3,(H,23,26)(H2,22,24,25). The van der Waals surface area contributed by atoms with Crippen molar-refractivity contribution in [1.29, 1.82) is 0 Å². The van der Waals surface area contributed by atoms with Gasteiger partial charge in [0.15, 0.2) is 17.5 Å². The monoisotopic (exact) mass is 398 g/mol. The van der Waals surface area contributed by atoms with Gasteiger partial charge in [-0.2, -0.15) is 0 Å². The summed E-state index contributed by atoms with van der Waals surface area (Å²) in [5, 5.41) is 9.24. The van der Waals surface area contributed by atoms with Crippen LogP contribution in [0.5, 0.6) is 17.2 Å². The molecule has 0 spiro atoms. The molecule has 1 aliphatic heterocycles. The van der Waals surface area contributed by atoms with E-state index in [1.165, 1.54) is 0 Å². The number of fused-ring (bicyclic) bond motifs is 1. The average molecular weight is 398 g/mol. The van der Waals surface area contributed by atoms with Gasteiger partial charge in [-0.3, -0.25) is 9.79 Å². The molecule has 0 fully saturated rings. The number of benzene rings is 2. The van der Waals surface area contributed by atoms with Gasteiger partial charge in [0.1, 0.15) is 5.75 Å². The highest BCUT2D eigenvalue weighted by Crippen LogP contribution is 2.32. The number of hydrogen-bond donors (Lipinski definition) is 3. The first kappa shape index (κ1) is 20.3. The van der Waals surface area contributed by atoms with Gasteiger partial charge in [-0.1, -0.05) is 0 Å². The minimum absolute atomic E-state index is 0.139. The Labute approximate surface area is 170 Å². The Morgan fingerprint density at radius 1 is 1.03 bits per heavy atom. The van der Waals surface area contributed by atoms with Crippen LogP contribution < -0.4 is 30.2 Å². The van der Waals surface area contributed by atoms with Gasteiger partial charge in [0, 0.05) is 43.9 Å². The number of ether oxygens (including phenoxy) is 3. The zero-order valence-electron chi connectivity index (χ0n) is 16.7. The van der Waals surface area contributed by atoms with E-state index in [4.69, 9.17) is 14.2 Å². The number of anilines is 1. The molecule has 8 heteroatoms. The molecular formula is C21H26N4O4. The molecule has 0 bridgehead atoms. The molecule has 3 rings (SSSR count). The van der Waals surface area contributed by atoms with Crippen LogP contribution in [0.3, 0.4) is 0 Å². The zero-order valence-corrected chi connectivity index (χ0v) is 16.7. The van der Waals surface area contributed by atoms with Crippen molar-refractivity contribution in [3.8, 4) is 17.2 Å². The van der Waals surface area contributed by atoms with Crippen molar-refractivity contribution in [3.05, 3.63) is 48.0 Å². The first-order chi connectivity index (χ1) is 14.2. The molecule has 0 unspecified atom stereocenters. The maximum Gasteiger partial charge on any atom is 0.251 e. The van der Waals surface area contributed by atoms with Crippen LogP contribution in [0.25, 0.3) is 0 Å². The van der Waals surface area contributed by atoms with Gasteiger partial charge in [-0.05, 0) is 36.4 Å². The van der Waals surface area contributed by atoms with E-state index in [0.717, 1.165) is 23.6 Å². The molecule has 0 aromatic heterocycles. The fourth-order valence-corrected chi connectivity index (χ4v) is 2.76. The lowest BCUT2D eigenvalue weighted by atomic mass is 10.2. The van der Waals surface area contributed by atoms with E-state index in [0.29, 0.717) is 43.6 Å². The zero-order chi connectivity index (χ0) is 20.5. The molecule has 1 aliphatic rings. The van der Waals surface area contributed by atoms with Crippen LogP contribution in [0, 0.1) is 0 Å². The number of guanidine groups is 1. The molecule has 0 atom stereocenters. The van der Waals surface area contributed by atoms with E-state index in [9.17, 15) is 4.79 Å². The normalized spacial score (nSPS) is 13.2. The molecule has 0 saturated carbocycles. The molecule has 0 radical (unpaired) electrons. The van der Waals surface area contributed by atoms with Crippen molar-refractivity contribution >= 4 is 17.6 Å². The van der Waals surface area contributed by atoms with Crippen LogP contribution in [0.15, 0.2) is 47.5 Å². The molecule has 8 nitrogen and oxygen atoms in total. The second kappa shape index (κ2) is 10.2. The van der Waals surface area contributed by atoms with Gasteiger partial charge in [-0.25, -0.2) is 0 Å². The van der Waals surface area contributed by atoms with Crippen molar-refractivity contribution in [2.24, 2.45) is 4.99 Å². The highest BCUT2D eigenvalue weighted by molar-refractivity contribution is 5.95. The SMILES string of the molecule is CN=C(NCCNC(=O)c1ccc(OC)cc1)Nc1ccc2c(c1)OCCCO2. The van der Waals surface area contributed by atoms with Gasteiger partial charge in [0.2, 0.25) is 0 Å². The Hall–Kier alpha value is -3.42. The fourth-order valence-electron chi connectivity index (χ4n) is 2.76. The Balaban J connectivity index is 1.45. The van der Waals surface area contributed by atoms with Gasteiger partial charge in [0.05, 0.1) is 20.3 Å². The number of hydrogen-bond acceptors (Lipinski definition) is 5. The maximum absolute atomic E-state index is 12.2. The summed E-state index contributed by atoms with van der Waals surface area (Å²) in [4.78, 5) is 16.4. The number of nitrogens with zero attached hydrogens (tertiary/aromatic N) is 1. The van der Waals surface area contributed by atoms with Crippen LogP contribution in [0.1, 0.15) is 16.8 Å². The third kappa shape index (κ3) is 5.78. The second-order valence-corrected chi connectivity index (χ2v) is 6.32. The van der Waals surface area contributed by atoms with Crippen LogP contribution in [-0.2, 0) is 0 Å². The third-order valence-electron chi connectivity index (χ3n) is 4.29. The third-order valence-corrected chi connectivity index (χ3v) is 4.29. The Morgan fingerprint density at radius 3 is 2.48 bits per heavy atom. The number of nitrogens with one attached hydrogen (secondary N) is 3. The van der Waals surface area contributed by atoms with E-state index in [1.807, 2.05) is 18.2 Å². The number of carbonyl (C=O) groups excluding carboxylic acids is 1. The fraction of sp³-hybridized carbons (Fsp3) is 0.333. The largest absolute Gasteiger partial charge is 0.497 e. The molecule has 154 valence electrons. The highest BCUT2D eigenvalue weighted by atomic mass is 16.5.